The van der Waals surface area contributed by atoms with E-state index in [1.165, 1.54) is 25.7 Å². The summed E-state index contributed by atoms with van der Waals surface area (Å²) in [5, 5.41) is 3.52. The molecule has 2 heteroatoms. The first-order valence-corrected chi connectivity index (χ1v) is 7.29. The zero-order valence-electron chi connectivity index (χ0n) is 12.0. The molecule has 2 nitrogen and oxygen atoms in total. The van der Waals surface area contributed by atoms with Crippen LogP contribution in [0.2, 0.25) is 0 Å². The molecule has 1 aromatic rings. The Balaban J connectivity index is 1.65. The van der Waals surface area contributed by atoms with Gasteiger partial charge in [0.1, 0.15) is 5.76 Å². The quantitative estimate of drug-likeness (QED) is 0.864. The normalized spacial score (nSPS) is 25.3. The molecule has 0 bridgehead atoms. The maximum absolute atomic E-state index is 5.32. The molecule has 18 heavy (non-hydrogen) atoms. The van der Waals surface area contributed by atoms with Crippen molar-refractivity contribution in [3.8, 4) is 0 Å². The molecule has 0 spiro atoms. The lowest BCUT2D eigenvalue weighted by molar-refractivity contribution is 0.148. The largest absolute Gasteiger partial charge is 0.468 e. The second-order valence-corrected chi connectivity index (χ2v) is 6.79. The topological polar surface area (TPSA) is 25.2 Å². The van der Waals surface area contributed by atoms with Crippen LogP contribution in [-0.4, -0.2) is 6.54 Å². The van der Waals surface area contributed by atoms with Gasteiger partial charge in [0.2, 0.25) is 0 Å². The highest BCUT2D eigenvalue weighted by atomic mass is 16.3. The maximum atomic E-state index is 5.32. The van der Waals surface area contributed by atoms with E-state index in [4.69, 9.17) is 4.42 Å². The molecule has 102 valence electrons. The lowest BCUT2D eigenvalue weighted by Gasteiger charge is -2.37. The Kier molecular flexibility index (Phi) is 4.50. The summed E-state index contributed by atoms with van der Waals surface area (Å²) in [5.74, 6) is 2.82. The summed E-state index contributed by atoms with van der Waals surface area (Å²) in [6, 6.07) is 3.98. The molecule has 2 rings (SSSR count). The summed E-state index contributed by atoms with van der Waals surface area (Å²) in [6.07, 6.45) is 7.30. The van der Waals surface area contributed by atoms with Crippen molar-refractivity contribution in [2.45, 2.75) is 53.0 Å². The van der Waals surface area contributed by atoms with Crippen molar-refractivity contribution in [1.82, 2.24) is 5.32 Å². The zero-order chi connectivity index (χ0) is 13.0. The Labute approximate surface area is 111 Å². The summed E-state index contributed by atoms with van der Waals surface area (Å²) in [4.78, 5) is 0. The first kappa shape index (κ1) is 13.7. The molecule has 0 radical (unpaired) electrons. The Hall–Kier alpha value is -0.760. The molecule has 1 aliphatic rings. The minimum atomic E-state index is 0.493. The van der Waals surface area contributed by atoms with E-state index in [-0.39, 0.29) is 0 Å². The second-order valence-electron chi connectivity index (χ2n) is 6.79. The van der Waals surface area contributed by atoms with Crippen LogP contribution in [0, 0.1) is 17.3 Å². The van der Waals surface area contributed by atoms with Crippen LogP contribution in [0.3, 0.4) is 0 Å². The van der Waals surface area contributed by atoms with Crippen molar-refractivity contribution in [1.29, 1.82) is 0 Å². The van der Waals surface area contributed by atoms with Gasteiger partial charge in [-0.3, -0.25) is 0 Å². The molecule has 0 aromatic carbocycles. The van der Waals surface area contributed by atoms with Crippen LogP contribution in [-0.2, 0) is 6.54 Å². The van der Waals surface area contributed by atoms with Crippen molar-refractivity contribution in [3.63, 3.8) is 0 Å². The van der Waals surface area contributed by atoms with Crippen molar-refractivity contribution < 1.29 is 4.42 Å². The Morgan fingerprint density at radius 2 is 1.94 bits per heavy atom. The molecule has 0 atom stereocenters. The lowest BCUT2D eigenvalue weighted by atomic mass is 9.70. The van der Waals surface area contributed by atoms with Crippen LogP contribution in [0.4, 0.5) is 0 Å². The van der Waals surface area contributed by atoms with Gasteiger partial charge in [0.05, 0.1) is 12.8 Å². The Morgan fingerprint density at radius 3 is 2.50 bits per heavy atom. The number of nitrogens with one attached hydrogen (secondary N) is 1. The van der Waals surface area contributed by atoms with Crippen LogP contribution in [0.25, 0.3) is 0 Å². The predicted octanol–water partition coefficient (Wildman–Crippen LogP) is 4.22. The minimum Gasteiger partial charge on any atom is -0.468 e. The van der Waals surface area contributed by atoms with E-state index in [1.54, 1.807) is 6.26 Å². The third kappa shape index (κ3) is 3.88. The molecular weight excluding hydrogens is 222 g/mol. The molecule has 1 N–H and O–H groups in total. The van der Waals surface area contributed by atoms with Crippen molar-refractivity contribution in [2.24, 2.45) is 17.3 Å². The Morgan fingerprint density at radius 1 is 1.22 bits per heavy atom. The van der Waals surface area contributed by atoms with E-state index < -0.39 is 0 Å². The average molecular weight is 249 g/mol. The zero-order valence-corrected chi connectivity index (χ0v) is 12.0. The van der Waals surface area contributed by atoms with Gasteiger partial charge in [-0.1, -0.05) is 20.8 Å². The molecule has 1 fully saturated rings. The summed E-state index contributed by atoms with van der Waals surface area (Å²) in [6.45, 7) is 9.15. The lowest BCUT2D eigenvalue weighted by Crippen LogP contribution is -2.30. The first-order valence-electron chi connectivity index (χ1n) is 7.29. The fourth-order valence-electron chi connectivity index (χ4n) is 3.05. The van der Waals surface area contributed by atoms with Gasteiger partial charge in [0.15, 0.2) is 0 Å². The van der Waals surface area contributed by atoms with E-state index >= 15 is 0 Å². The molecule has 1 aliphatic carbocycles. The molecular formula is C16H27NO. The fraction of sp³-hybridized carbons (Fsp3) is 0.750. The molecule has 0 saturated heterocycles. The van der Waals surface area contributed by atoms with Gasteiger partial charge in [-0.15, -0.1) is 0 Å². The highest BCUT2D eigenvalue weighted by Gasteiger charge is 2.29. The molecule has 1 saturated carbocycles. The van der Waals surface area contributed by atoms with E-state index in [9.17, 15) is 0 Å². The van der Waals surface area contributed by atoms with Crippen LogP contribution in [0.5, 0.6) is 0 Å². The molecule has 1 heterocycles. The summed E-state index contributed by atoms with van der Waals surface area (Å²) in [7, 11) is 0. The smallest absolute Gasteiger partial charge is 0.117 e. The van der Waals surface area contributed by atoms with Crippen LogP contribution in [0.1, 0.15) is 52.2 Å². The number of furan rings is 1. The highest BCUT2D eigenvalue weighted by molar-refractivity contribution is 4.97. The third-order valence-corrected chi connectivity index (χ3v) is 4.38. The number of hydrogen-bond acceptors (Lipinski definition) is 2. The average Bonchev–Trinajstić information content (AvgIpc) is 2.82. The van der Waals surface area contributed by atoms with Gasteiger partial charge in [0.25, 0.3) is 0 Å². The van der Waals surface area contributed by atoms with E-state index in [1.807, 2.05) is 12.1 Å². The first-order chi connectivity index (χ1) is 8.55. The van der Waals surface area contributed by atoms with Crippen molar-refractivity contribution >= 4 is 0 Å². The third-order valence-electron chi connectivity index (χ3n) is 4.38. The molecule has 1 aromatic heterocycles. The Bertz CT molecular complexity index is 328. The van der Waals surface area contributed by atoms with E-state index in [0.29, 0.717) is 5.41 Å². The minimum absolute atomic E-state index is 0.493. The summed E-state index contributed by atoms with van der Waals surface area (Å²) < 4.78 is 5.32. The standard InChI is InChI=1S/C16H27NO/c1-16(2,3)14-8-6-13(7-9-14)11-17-12-15-5-4-10-18-15/h4-5,10,13-14,17H,6-9,11-12H2,1-3H3. The molecule has 0 aliphatic heterocycles. The molecule has 0 amide bonds. The van der Waals surface area contributed by atoms with Gasteiger partial charge in [-0.2, -0.15) is 0 Å². The van der Waals surface area contributed by atoms with Gasteiger partial charge in [0, 0.05) is 0 Å². The number of rotatable bonds is 4. The van der Waals surface area contributed by atoms with Gasteiger partial charge in [-0.25, -0.2) is 0 Å². The van der Waals surface area contributed by atoms with E-state index in [2.05, 4.69) is 26.1 Å². The molecule has 0 unspecified atom stereocenters. The van der Waals surface area contributed by atoms with Crippen molar-refractivity contribution in [3.05, 3.63) is 24.2 Å². The summed E-state index contributed by atoms with van der Waals surface area (Å²) in [5.41, 5.74) is 0.493. The van der Waals surface area contributed by atoms with Crippen LogP contribution < -0.4 is 5.32 Å². The van der Waals surface area contributed by atoms with Gasteiger partial charge >= 0.3 is 0 Å². The van der Waals surface area contributed by atoms with Crippen LogP contribution in [0.15, 0.2) is 22.8 Å². The van der Waals surface area contributed by atoms with Crippen molar-refractivity contribution in [2.75, 3.05) is 6.54 Å². The number of hydrogen-bond donors (Lipinski definition) is 1. The monoisotopic (exact) mass is 249 g/mol. The maximum Gasteiger partial charge on any atom is 0.117 e. The van der Waals surface area contributed by atoms with Gasteiger partial charge < -0.3 is 9.73 Å². The fourth-order valence-corrected chi connectivity index (χ4v) is 3.05. The van der Waals surface area contributed by atoms with Gasteiger partial charge in [-0.05, 0) is 61.6 Å². The highest BCUT2D eigenvalue weighted by Crippen LogP contribution is 2.39. The summed E-state index contributed by atoms with van der Waals surface area (Å²) >= 11 is 0. The van der Waals surface area contributed by atoms with Crippen LogP contribution >= 0.6 is 0 Å². The van der Waals surface area contributed by atoms with E-state index in [0.717, 1.165) is 30.7 Å². The SMILES string of the molecule is CC(C)(C)C1CCC(CNCc2ccco2)CC1. The predicted molar refractivity (Wildman–Crippen MR) is 75.3 cm³/mol. The second kappa shape index (κ2) is 5.92.